The Kier molecular flexibility index (Phi) is 4.97. The largest absolute Gasteiger partial charge is 0.508 e. The minimum atomic E-state index is -0.367. The fourth-order valence-electron chi connectivity index (χ4n) is 3.73. The smallest absolute Gasteiger partial charge is 0.336 e. The second-order valence-corrected chi connectivity index (χ2v) is 7.21. The molecule has 1 fully saturated rings. The lowest BCUT2D eigenvalue weighted by molar-refractivity contribution is 0.122. The SMILES string of the molecule is Cc1c(O)ccc2c(CN3CCN(Cc4ccccc4)CC3)cc(=O)oc12. The number of benzene rings is 2. The zero-order valence-electron chi connectivity index (χ0n) is 15.5. The number of rotatable bonds is 4. The van der Waals surface area contributed by atoms with Gasteiger partial charge in [-0.2, -0.15) is 0 Å². The zero-order valence-corrected chi connectivity index (χ0v) is 15.5. The van der Waals surface area contributed by atoms with Gasteiger partial charge in [-0.3, -0.25) is 9.80 Å². The number of nitrogens with zero attached hydrogens (tertiary/aromatic N) is 2. The molecule has 1 saturated heterocycles. The van der Waals surface area contributed by atoms with Gasteiger partial charge in [0.15, 0.2) is 0 Å². The lowest BCUT2D eigenvalue weighted by Crippen LogP contribution is -2.45. The van der Waals surface area contributed by atoms with Crippen molar-refractivity contribution in [1.29, 1.82) is 0 Å². The summed E-state index contributed by atoms with van der Waals surface area (Å²) >= 11 is 0. The van der Waals surface area contributed by atoms with Gasteiger partial charge in [-0.15, -0.1) is 0 Å². The van der Waals surface area contributed by atoms with E-state index in [1.165, 1.54) is 5.56 Å². The van der Waals surface area contributed by atoms with E-state index in [-0.39, 0.29) is 11.4 Å². The van der Waals surface area contributed by atoms with Crippen molar-refractivity contribution in [3.05, 3.63) is 75.6 Å². The summed E-state index contributed by atoms with van der Waals surface area (Å²) in [5, 5.41) is 10.8. The maximum Gasteiger partial charge on any atom is 0.336 e. The van der Waals surface area contributed by atoms with Gasteiger partial charge in [0, 0.05) is 56.3 Å². The fourth-order valence-corrected chi connectivity index (χ4v) is 3.73. The molecule has 0 spiro atoms. The van der Waals surface area contributed by atoms with Crippen LogP contribution in [0.4, 0.5) is 0 Å². The van der Waals surface area contributed by atoms with Crippen LogP contribution in [0.2, 0.25) is 0 Å². The Morgan fingerprint density at radius 2 is 1.63 bits per heavy atom. The predicted molar refractivity (Wildman–Crippen MR) is 106 cm³/mol. The summed E-state index contributed by atoms with van der Waals surface area (Å²) in [6, 6.07) is 15.6. The second-order valence-electron chi connectivity index (χ2n) is 7.21. The molecule has 140 valence electrons. The number of hydrogen-bond donors (Lipinski definition) is 1. The molecule has 0 bridgehead atoms. The third-order valence-corrected chi connectivity index (χ3v) is 5.33. The highest BCUT2D eigenvalue weighted by Gasteiger charge is 2.19. The molecule has 4 rings (SSSR count). The number of aromatic hydroxyl groups is 1. The number of aryl methyl sites for hydroxylation is 1. The van der Waals surface area contributed by atoms with Gasteiger partial charge in [0.2, 0.25) is 0 Å². The van der Waals surface area contributed by atoms with Crippen LogP contribution in [-0.4, -0.2) is 41.1 Å². The summed E-state index contributed by atoms with van der Waals surface area (Å²) in [6.45, 7) is 7.41. The maximum absolute atomic E-state index is 12.0. The van der Waals surface area contributed by atoms with Gasteiger partial charge in [0.05, 0.1) is 0 Å². The highest BCUT2D eigenvalue weighted by molar-refractivity contribution is 5.84. The van der Waals surface area contributed by atoms with E-state index in [1.807, 2.05) is 12.1 Å². The van der Waals surface area contributed by atoms with E-state index in [2.05, 4.69) is 34.1 Å². The van der Waals surface area contributed by atoms with Gasteiger partial charge in [0.1, 0.15) is 11.3 Å². The molecule has 1 aromatic heterocycles. The van der Waals surface area contributed by atoms with Crippen molar-refractivity contribution >= 4 is 11.0 Å². The van der Waals surface area contributed by atoms with Crippen LogP contribution < -0.4 is 5.63 Å². The average molecular weight is 364 g/mol. The highest BCUT2D eigenvalue weighted by atomic mass is 16.4. The molecule has 0 radical (unpaired) electrons. The first-order chi connectivity index (χ1) is 13.1. The number of piperazine rings is 1. The lowest BCUT2D eigenvalue weighted by Gasteiger charge is -2.34. The summed E-state index contributed by atoms with van der Waals surface area (Å²) in [5.74, 6) is 0.150. The van der Waals surface area contributed by atoms with Crippen molar-refractivity contribution in [1.82, 2.24) is 9.80 Å². The van der Waals surface area contributed by atoms with Crippen LogP contribution in [0.1, 0.15) is 16.7 Å². The molecule has 5 heteroatoms. The molecule has 2 heterocycles. The summed E-state index contributed by atoms with van der Waals surface area (Å²) in [4.78, 5) is 16.8. The summed E-state index contributed by atoms with van der Waals surface area (Å²) < 4.78 is 5.34. The third-order valence-electron chi connectivity index (χ3n) is 5.33. The first-order valence-electron chi connectivity index (χ1n) is 9.34. The first-order valence-corrected chi connectivity index (χ1v) is 9.34. The van der Waals surface area contributed by atoms with Crippen LogP contribution in [0.5, 0.6) is 5.75 Å². The molecule has 0 unspecified atom stereocenters. The second kappa shape index (κ2) is 7.55. The third kappa shape index (κ3) is 3.89. The summed E-state index contributed by atoms with van der Waals surface area (Å²) in [6.07, 6.45) is 0. The Labute approximate surface area is 158 Å². The van der Waals surface area contributed by atoms with Gasteiger partial charge in [-0.05, 0) is 30.2 Å². The Balaban J connectivity index is 1.46. The van der Waals surface area contributed by atoms with Gasteiger partial charge in [-0.25, -0.2) is 4.79 Å². The normalized spacial score (nSPS) is 16.0. The fraction of sp³-hybridized carbons (Fsp3) is 0.318. The Morgan fingerprint density at radius 1 is 0.963 bits per heavy atom. The van der Waals surface area contributed by atoms with Crippen molar-refractivity contribution in [2.45, 2.75) is 20.0 Å². The van der Waals surface area contributed by atoms with E-state index in [9.17, 15) is 9.90 Å². The Hall–Kier alpha value is -2.63. The van der Waals surface area contributed by atoms with Crippen molar-refractivity contribution in [2.24, 2.45) is 0 Å². The average Bonchev–Trinajstić information content (AvgIpc) is 2.67. The molecule has 27 heavy (non-hydrogen) atoms. The summed E-state index contributed by atoms with van der Waals surface area (Å²) in [5.41, 5.74) is 3.03. The number of phenolic OH excluding ortho intramolecular Hbond substituents is 1. The topological polar surface area (TPSA) is 56.9 Å². The van der Waals surface area contributed by atoms with Crippen LogP contribution in [0, 0.1) is 6.92 Å². The minimum absolute atomic E-state index is 0.150. The van der Waals surface area contributed by atoms with Crippen LogP contribution in [0.25, 0.3) is 11.0 Å². The van der Waals surface area contributed by atoms with Gasteiger partial charge in [-0.1, -0.05) is 30.3 Å². The number of phenols is 1. The van der Waals surface area contributed by atoms with E-state index in [4.69, 9.17) is 4.42 Å². The summed E-state index contributed by atoms with van der Waals surface area (Å²) in [7, 11) is 0. The van der Waals surface area contributed by atoms with E-state index in [0.29, 0.717) is 17.7 Å². The van der Waals surface area contributed by atoms with E-state index < -0.39 is 0 Å². The van der Waals surface area contributed by atoms with Crippen molar-refractivity contribution in [3.63, 3.8) is 0 Å². The highest BCUT2D eigenvalue weighted by Crippen LogP contribution is 2.28. The zero-order chi connectivity index (χ0) is 18.8. The monoisotopic (exact) mass is 364 g/mol. The molecular weight excluding hydrogens is 340 g/mol. The molecule has 2 aromatic carbocycles. The van der Waals surface area contributed by atoms with Crippen LogP contribution in [0.15, 0.2) is 57.7 Å². The van der Waals surface area contributed by atoms with E-state index >= 15 is 0 Å². The van der Waals surface area contributed by atoms with Gasteiger partial charge in [0.25, 0.3) is 0 Å². The molecule has 0 aliphatic carbocycles. The molecule has 1 aliphatic heterocycles. The van der Waals surface area contributed by atoms with E-state index in [0.717, 1.165) is 43.7 Å². The molecule has 0 saturated carbocycles. The Bertz CT molecular complexity index is 990. The van der Waals surface area contributed by atoms with Crippen molar-refractivity contribution < 1.29 is 9.52 Å². The number of fused-ring (bicyclic) bond motifs is 1. The van der Waals surface area contributed by atoms with Crippen LogP contribution in [-0.2, 0) is 13.1 Å². The van der Waals surface area contributed by atoms with E-state index in [1.54, 1.807) is 19.1 Å². The lowest BCUT2D eigenvalue weighted by atomic mass is 10.1. The van der Waals surface area contributed by atoms with Gasteiger partial charge < -0.3 is 9.52 Å². The maximum atomic E-state index is 12.0. The molecular formula is C22H24N2O3. The standard InChI is InChI=1S/C22H24N2O3/c1-16-20(25)8-7-19-18(13-21(26)27-22(16)19)15-24-11-9-23(10-12-24)14-17-5-3-2-4-6-17/h2-8,13,25H,9-12,14-15H2,1H3. The first kappa shape index (κ1) is 17.8. The molecule has 0 amide bonds. The van der Waals surface area contributed by atoms with Crippen LogP contribution in [0.3, 0.4) is 0 Å². The molecule has 3 aromatic rings. The quantitative estimate of drug-likeness (QED) is 0.721. The number of hydrogen-bond acceptors (Lipinski definition) is 5. The molecule has 1 N–H and O–H groups in total. The Morgan fingerprint density at radius 3 is 2.33 bits per heavy atom. The molecule has 1 aliphatic rings. The molecule has 0 atom stereocenters. The van der Waals surface area contributed by atoms with Crippen LogP contribution >= 0.6 is 0 Å². The van der Waals surface area contributed by atoms with Gasteiger partial charge >= 0.3 is 5.63 Å². The van der Waals surface area contributed by atoms with Crippen molar-refractivity contribution in [3.8, 4) is 5.75 Å². The molecule has 5 nitrogen and oxygen atoms in total. The van der Waals surface area contributed by atoms with Crippen molar-refractivity contribution in [2.75, 3.05) is 26.2 Å². The minimum Gasteiger partial charge on any atom is -0.508 e. The predicted octanol–water partition coefficient (Wildman–Crippen LogP) is 3.12.